The molecule has 0 fully saturated rings. The summed E-state index contributed by atoms with van der Waals surface area (Å²) < 4.78 is 0. The first-order valence-corrected chi connectivity index (χ1v) is 16.0. The first-order chi connectivity index (χ1) is 19.5. The molecule has 224 valence electrons. The quantitative estimate of drug-likeness (QED) is 0.198. The van der Waals surface area contributed by atoms with E-state index in [-0.39, 0.29) is 16.6 Å². The van der Waals surface area contributed by atoms with Gasteiger partial charge in [-0.2, -0.15) is 0 Å². The molecule has 0 radical (unpaired) electrons. The van der Waals surface area contributed by atoms with Crippen LogP contribution >= 0.6 is 22.7 Å². The molecule has 0 spiro atoms. The Morgan fingerprint density at radius 2 is 1.02 bits per heavy atom. The van der Waals surface area contributed by atoms with Crippen LogP contribution in [0.25, 0.3) is 22.3 Å². The summed E-state index contributed by atoms with van der Waals surface area (Å²) in [6.07, 6.45) is 0. The van der Waals surface area contributed by atoms with E-state index in [0.717, 1.165) is 44.5 Å². The molecule has 2 heterocycles. The van der Waals surface area contributed by atoms with Crippen molar-refractivity contribution in [2.24, 2.45) is 0 Å². The fourth-order valence-electron chi connectivity index (χ4n) is 5.29. The molecule has 4 aromatic rings. The minimum absolute atomic E-state index is 0.0101. The van der Waals surface area contributed by atoms with Crippen LogP contribution < -0.4 is 0 Å². The maximum atomic E-state index is 14.3. The molecule has 2 aromatic carbocycles. The highest BCUT2D eigenvalue weighted by Crippen LogP contribution is 2.43. The van der Waals surface area contributed by atoms with Crippen LogP contribution in [-0.2, 0) is 23.9 Å². The summed E-state index contributed by atoms with van der Waals surface area (Å²) in [4.78, 5) is 19.7. The topological polar surface area (TPSA) is 64.0 Å². The fraction of sp³-hybridized carbons (Fsp3) is 0.400. The van der Waals surface area contributed by atoms with Crippen molar-refractivity contribution in [1.29, 1.82) is 0 Å². The number of ketones is 1. The van der Waals surface area contributed by atoms with Gasteiger partial charge in [-0.15, -0.1) is 22.7 Å². The van der Waals surface area contributed by atoms with Gasteiger partial charge in [-0.3, -0.25) is 4.79 Å². The average molecular weight is 605 g/mol. The molecule has 2 N–H and O–H groups in total. The Hall–Kier alpha value is -2.97. The van der Waals surface area contributed by atoms with E-state index in [9.17, 15) is 15.0 Å². The summed E-state index contributed by atoms with van der Waals surface area (Å²) >= 11 is 2.90. The molecule has 0 aliphatic rings. The van der Waals surface area contributed by atoms with Gasteiger partial charge in [0, 0.05) is 46.5 Å². The summed E-state index contributed by atoms with van der Waals surface area (Å²) in [6, 6.07) is 12.1. The second-order valence-electron chi connectivity index (χ2n) is 13.7. The largest absolute Gasteiger partial charge is 0.507 e. The number of hydrogen-bond donors (Lipinski definition) is 2. The van der Waals surface area contributed by atoms with Gasteiger partial charge in [-0.1, -0.05) is 41.5 Å². The Kier molecular flexibility index (Phi) is 9.10. The molecule has 2 aromatic heterocycles. The predicted octanol–water partition coefficient (Wildman–Crippen LogP) is 8.50. The van der Waals surface area contributed by atoms with Gasteiger partial charge in [0.25, 0.3) is 0 Å². The van der Waals surface area contributed by atoms with E-state index >= 15 is 0 Å². The summed E-state index contributed by atoms with van der Waals surface area (Å²) in [5, 5.41) is 26.2. The number of phenols is 2. The van der Waals surface area contributed by atoms with Crippen molar-refractivity contribution >= 4 is 28.5 Å². The van der Waals surface area contributed by atoms with Crippen LogP contribution in [0.5, 0.6) is 11.5 Å². The molecular weight excluding hydrogens is 561 g/mol. The van der Waals surface area contributed by atoms with Crippen LogP contribution in [-0.4, -0.2) is 54.0 Å². The summed E-state index contributed by atoms with van der Waals surface area (Å²) in [5.41, 5.74) is 6.51. The van der Waals surface area contributed by atoms with Gasteiger partial charge in [-0.05, 0) is 97.3 Å². The third-order valence-electron chi connectivity index (χ3n) is 7.33. The molecule has 0 bridgehead atoms. The number of nitrogens with zero attached hydrogens (tertiary/aromatic N) is 2. The van der Waals surface area contributed by atoms with Gasteiger partial charge in [0.05, 0.1) is 9.75 Å². The van der Waals surface area contributed by atoms with E-state index in [1.165, 1.54) is 22.7 Å². The maximum absolute atomic E-state index is 14.3. The highest BCUT2D eigenvalue weighted by atomic mass is 32.1. The Labute approximate surface area is 259 Å². The lowest BCUT2D eigenvalue weighted by Gasteiger charge is -2.25. The number of carbonyl (C=O) groups excluding carboxylic acids is 1. The van der Waals surface area contributed by atoms with Crippen molar-refractivity contribution in [1.82, 2.24) is 9.80 Å². The molecular formula is C35H44N2O3S2. The van der Waals surface area contributed by atoms with E-state index in [4.69, 9.17) is 0 Å². The lowest BCUT2D eigenvalue weighted by atomic mass is 9.82. The van der Waals surface area contributed by atoms with E-state index in [1.54, 1.807) is 0 Å². The van der Waals surface area contributed by atoms with Crippen molar-refractivity contribution in [3.8, 4) is 33.8 Å². The normalized spacial score (nSPS) is 12.5. The molecule has 0 aliphatic heterocycles. The minimum Gasteiger partial charge on any atom is -0.507 e. The standard InChI is InChI=1S/C35H44N2O3S2/c1-34(2,3)27-17-21(15-23(29(27)38)19-36(7)8)25-11-13-41-32(25)31(40)33-26(12-14-42-33)22-16-24(20-37(9)10)30(39)28(18-22)35(4,5)6/h11-18,38-39H,19-20H2,1-10H3. The van der Waals surface area contributed by atoms with Crippen molar-refractivity contribution in [3.63, 3.8) is 0 Å². The summed E-state index contributed by atoms with van der Waals surface area (Å²) in [6.45, 7) is 13.8. The number of thiophene rings is 2. The number of hydrogen-bond acceptors (Lipinski definition) is 7. The molecule has 4 rings (SSSR count). The van der Waals surface area contributed by atoms with Gasteiger partial charge in [0.15, 0.2) is 0 Å². The SMILES string of the molecule is CN(C)Cc1cc(-c2ccsc2C(=O)c2sccc2-c2cc(CN(C)C)c(O)c(C(C)(C)C)c2)cc(C(C)(C)C)c1O. The number of aromatic hydroxyl groups is 2. The molecule has 0 atom stereocenters. The van der Waals surface area contributed by atoms with Gasteiger partial charge >= 0.3 is 0 Å². The zero-order valence-electron chi connectivity index (χ0n) is 26.5. The van der Waals surface area contributed by atoms with Crippen LogP contribution in [0.1, 0.15) is 78.3 Å². The first kappa shape index (κ1) is 32.0. The third kappa shape index (κ3) is 6.65. The smallest absolute Gasteiger partial charge is 0.214 e. The number of phenolic OH excluding ortho intramolecular Hbond substituents is 2. The van der Waals surface area contributed by atoms with Crippen LogP contribution in [0, 0.1) is 0 Å². The number of rotatable bonds is 8. The second kappa shape index (κ2) is 12.0. The summed E-state index contributed by atoms with van der Waals surface area (Å²) in [5.74, 6) is 0.627. The minimum atomic E-state index is -0.268. The van der Waals surface area contributed by atoms with Crippen LogP contribution in [0.4, 0.5) is 0 Å². The van der Waals surface area contributed by atoms with Crippen molar-refractivity contribution < 1.29 is 15.0 Å². The molecule has 0 saturated carbocycles. The summed E-state index contributed by atoms with van der Waals surface area (Å²) in [7, 11) is 7.94. The van der Waals surface area contributed by atoms with Gasteiger partial charge in [0.2, 0.25) is 5.78 Å². The Morgan fingerprint density at radius 1 is 0.667 bits per heavy atom. The molecule has 0 unspecified atom stereocenters. The van der Waals surface area contributed by atoms with Crippen molar-refractivity contribution in [3.05, 3.63) is 79.2 Å². The Balaban J connectivity index is 1.85. The van der Waals surface area contributed by atoms with E-state index in [0.29, 0.717) is 34.3 Å². The molecule has 0 amide bonds. The van der Waals surface area contributed by atoms with Crippen LogP contribution in [0.3, 0.4) is 0 Å². The average Bonchev–Trinajstić information content (AvgIpc) is 3.54. The zero-order valence-corrected chi connectivity index (χ0v) is 28.2. The third-order valence-corrected chi connectivity index (χ3v) is 9.16. The van der Waals surface area contributed by atoms with Crippen LogP contribution in [0.15, 0.2) is 47.2 Å². The lowest BCUT2D eigenvalue weighted by molar-refractivity contribution is 0.104. The fourth-order valence-corrected chi connectivity index (χ4v) is 7.08. The van der Waals surface area contributed by atoms with E-state index < -0.39 is 0 Å². The van der Waals surface area contributed by atoms with Crippen molar-refractivity contribution in [2.75, 3.05) is 28.2 Å². The lowest BCUT2D eigenvalue weighted by Crippen LogP contribution is -2.16. The van der Waals surface area contributed by atoms with E-state index in [2.05, 4.69) is 41.5 Å². The highest BCUT2D eigenvalue weighted by Gasteiger charge is 2.27. The second-order valence-corrected chi connectivity index (χ2v) is 15.5. The van der Waals surface area contributed by atoms with Gasteiger partial charge < -0.3 is 20.0 Å². The molecule has 42 heavy (non-hydrogen) atoms. The molecule has 0 saturated heterocycles. The van der Waals surface area contributed by atoms with Gasteiger partial charge in [0.1, 0.15) is 11.5 Å². The first-order valence-electron chi connectivity index (χ1n) is 14.2. The van der Waals surface area contributed by atoms with Gasteiger partial charge in [-0.25, -0.2) is 0 Å². The maximum Gasteiger partial charge on any atom is 0.214 e. The molecule has 0 aliphatic carbocycles. The van der Waals surface area contributed by atoms with Crippen LogP contribution in [0.2, 0.25) is 0 Å². The predicted molar refractivity (Wildman–Crippen MR) is 178 cm³/mol. The number of carbonyl (C=O) groups is 1. The molecule has 7 heteroatoms. The molecule has 5 nitrogen and oxygen atoms in total. The Bertz CT molecular complexity index is 1480. The Morgan fingerprint density at radius 3 is 1.33 bits per heavy atom. The highest BCUT2D eigenvalue weighted by molar-refractivity contribution is 7.16. The van der Waals surface area contributed by atoms with E-state index in [1.807, 2.05) is 85.1 Å². The monoisotopic (exact) mass is 604 g/mol. The van der Waals surface area contributed by atoms with Crippen molar-refractivity contribution in [2.45, 2.75) is 65.5 Å². The zero-order chi connectivity index (χ0) is 31.1. The number of benzene rings is 2.